The summed E-state index contributed by atoms with van der Waals surface area (Å²) in [5.74, 6) is 0.539. The normalized spacial score (nSPS) is 18.9. The summed E-state index contributed by atoms with van der Waals surface area (Å²) in [6.45, 7) is 7.35. The molecule has 0 spiro atoms. The van der Waals surface area contributed by atoms with E-state index in [1.165, 1.54) is 0 Å². The van der Waals surface area contributed by atoms with Gasteiger partial charge in [-0.25, -0.2) is 0 Å². The Morgan fingerprint density at radius 2 is 1.73 bits per heavy atom. The molecule has 0 saturated heterocycles. The van der Waals surface area contributed by atoms with Crippen LogP contribution >= 0.6 is 0 Å². The Bertz CT molecular complexity index is 235. The fraction of sp³-hybridized carbons (Fsp3) is 0.615. The average molecular weight is 208 g/mol. The molecule has 84 valence electrons. The van der Waals surface area contributed by atoms with E-state index in [1.807, 2.05) is 0 Å². The van der Waals surface area contributed by atoms with Crippen LogP contribution in [0, 0.1) is 5.92 Å². The molecule has 1 aliphatic carbocycles. The van der Waals surface area contributed by atoms with Crippen molar-refractivity contribution in [3.63, 3.8) is 0 Å². The highest BCUT2D eigenvalue weighted by molar-refractivity contribution is 5.79. The summed E-state index contributed by atoms with van der Waals surface area (Å²) in [5, 5.41) is 10.5. The second-order valence-electron chi connectivity index (χ2n) is 4.40. The number of aliphatic hydroxyl groups is 1. The van der Waals surface area contributed by atoms with E-state index < -0.39 is 5.60 Å². The van der Waals surface area contributed by atoms with Gasteiger partial charge in [0.25, 0.3) is 0 Å². The number of carbonyl (C=O) groups is 1. The van der Waals surface area contributed by atoms with Crippen LogP contribution in [0.4, 0.5) is 0 Å². The minimum atomic E-state index is -0.732. The van der Waals surface area contributed by atoms with Gasteiger partial charge in [-0.05, 0) is 31.6 Å². The van der Waals surface area contributed by atoms with Crippen LogP contribution in [-0.4, -0.2) is 16.5 Å². The Morgan fingerprint density at radius 1 is 1.27 bits per heavy atom. The second-order valence-corrected chi connectivity index (χ2v) is 4.40. The molecule has 15 heavy (non-hydrogen) atoms. The van der Waals surface area contributed by atoms with Crippen LogP contribution in [0.1, 0.15) is 38.5 Å². The smallest absolute Gasteiger partial charge is 0.132 e. The number of hydrogen-bond donors (Lipinski definition) is 1. The molecule has 0 aliphatic heterocycles. The Kier molecular flexibility index (Phi) is 4.28. The Labute approximate surface area is 91.7 Å². The predicted octanol–water partition coefficient (Wildman–Crippen LogP) is 2.63. The van der Waals surface area contributed by atoms with E-state index in [-0.39, 0.29) is 5.92 Å². The van der Waals surface area contributed by atoms with Gasteiger partial charge in [-0.2, -0.15) is 0 Å². The molecule has 1 N–H and O–H groups in total. The van der Waals surface area contributed by atoms with Crippen molar-refractivity contribution in [3.8, 4) is 0 Å². The summed E-state index contributed by atoms with van der Waals surface area (Å²) in [4.78, 5) is 11.1. The van der Waals surface area contributed by atoms with Crippen LogP contribution in [-0.2, 0) is 4.79 Å². The largest absolute Gasteiger partial charge is 0.389 e. The summed E-state index contributed by atoms with van der Waals surface area (Å²) in [7, 11) is 0. The zero-order valence-electron chi connectivity index (χ0n) is 9.24. The van der Waals surface area contributed by atoms with Gasteiger partial charge in [-0.1, -0.05) is 12.2 Å². The molecule has 0 bridgehead atoms. The van der Waals surface area contributed by atoms with Gasteiger partial charge >= 0.3 is 0 Å². The zero-order valence-corrected chi connectivity index (χ0v) is 9.24. The Balaban J connectivity index is 2.66. The maximum absolute atomic E-state index is 11.1. The maximum atomic E-state index is 11.1. The molecule has 1 rings (SSSR count). The molecule has 2 heteroatoms. The molecule has 0 aromatic rings. The van der Waals surface area contributed by atoms with Crippen molar-refractivity contribution >= 4 is 5.78 Å². The first kappa shape index (κ1) is 12.2. The molecule has 1 saturated carbocycles. The predicted molar refractivity (Wildman–Crippen MR) is 61.5 cm³/mol. The van der Waals surface area contributed by atoms with Crippen LogP contribution in [0.5, 0.6) is 0 Å². The number of carbonyl (C=O) groups excluding carboxylic acids is 1. The molecule has 1 fully saturated rings. The molecule has 0 heterocycles. The molecule has 0 aromatic carbocycles. The van der Waals surface area contributed by atoms with Crippen LogP contribution in [0.25, 0.3) is 0 Å². The van der Waals surface area contributed by atoms with Crippen molar-refractivity contribution in [1.82, 2.24) is 0 Å². The molecule has 2 nitrogen and oxygen atoms in total. The van der Waals surface area contributed by atoms with Crippen molar-refractivity contribution in [1.29, 1.82) is 0 Å². The molecular formula is C13H20O2. The van der Waals surface area contributed by atoms with Crippen molar-refractivity contribution < 1.29 is 9.90 Å². The van der Waals surface area contributed by atoms with Crippen molar-refractivity contribution in [3.05, 3.63) is 25.3 Å². The summed E-state index contributed by atoms with van der Waals surface area (Å²) in [6.07, 6.45) is 7.49. The van der Waals surface area contributed by atoms with Crippen molar-refractivity contribution in [2.24, 2.45) is 5.92 Å². The molecule has 0 atom stereocenters. The van der Waals surface area contributed by atoms with Gasteiger partial charge < -0.3 is 5.11 Å². The average Bonchev–Trinajstić information content (AvgIpc) is 2.19. The molecule has 1 aliphatic rings. The number of hydrogen-bond acceptors (Lipinski definition) is 2. The molecule has 0 aromatic heterocycles. The van der Waals surface area contributed by atoms with Crippen LogP contribution in [0.15, 0.2) is 25.3 Å². The van der Waals surface area contributed by atoms with E-state index in [0.29, 0.717) is 31.5 Å². The number of ketones is 1. The first-order valence-corrected chi connectivity index (χ1v) is 5.58. The highest BCUT2D eigenvalue weighted by atomic mass is 16.3. The summed E-state index contributed by atoms with van der Waals surface area (Å²) >= 11 is 0. The highest BCUT2D eigenvalue weighted by Crippen LogP contribution is 2.36. The van der Waals surface area contributed by atoms with Gasteiger partial charge in [0.2, 0.25) is 0 Å². The molecular weight excluding hydrogens is 188 g/mol. The minimum Gasteiger partial charge on any atom is -0.389 e. The van der Waals surface area contributed by atoms with Gasteiger partial charge in [0.1, 0.15) is 5.78 Å². The fourth-order valence-electron chi connectivity index (χ4n) is 2.39. The lowest BCUT2D eigenvalue weighted by atomic mass is 9.73. The van der Waals surface area contributed by atoms with Gasteiger partial charge in [-0.3, -0.25) is 4.79 Å². The fourth-order valence-corrected chi connectivity index (χ4v) is 2.39. The second kappa shape index (κ2) is 5.26. The van der Waals surface area contributed by atoms with E-state index in [9.17, 15) is 9.90 Å². The van der Waals surface area contributed by atoms with Gasteiger partial charge in [0.15, 0.2) is 0 Å². The van der Waals surface area contributed by atoms with Gasteiger partial charge in [0, 0.05) is 12.8 Å². The molecule has 0 radical (unpaired) electrons. The number of rotatable bonds is 5. The SMILES string of the molecule is C=CCC(O)(CC=C)C1CCC(=O)CC1. The Morgan fingerprint density at radius 3 is 2.13 bits per heavy atom. The third-order valence-corrected chi connectivity index (χ3v) is 3.30. The lowest BCUT2D eigenvalue weighted by Crippen LogP contribution is -2.39. The minimum absolute atomic E-state index is 0.214. The van der Waals surface area contributed by atoms with E-state index in [1.54, 1.807) is 12.2 Å². The lowest BCUT2D eigenvalue weighted by molar-refractivity contribution is -0.123. The summed E-state index contributed by atoms with van der Waals surface area (Å²) in [6, 6.07) is 0. The molecule has 0 unspecified atom stereocenters. The van der Waals surface area contributed by atoms with E-state index in [0.717, 1.165) is 12.8 Å². The monoisotopic (exact) mass is 208 g/mol. The summed E-state index contributed by atoms with van der Waals surface area (Å²) < 4.78 is 0. The summed E-state index contributed by atoms with van der Waals surface area (Å²) in [5.41, 5.74) is -0.732. The Hall–Kier alpha value is -0.890. The van der Waals surface area contributed by atoms with Gasteiger partial charge in [-0.15, -0.1) is 13.2 Å². The third kappa shape index (κ3) is 3.03. The van der Waals surface area contributed by atoms with Crippen molar-refractivity contribution in [2.75, 3.05) is 0 Å². The van der Waals surface area contributed by atoms with Crippen LogP contribution in [0.2, 0.25) is 0 Å². The van der Waals surface area contributed by atoms with Gasteiger partial charge in [0.05, 0.1) is 5.60 Å². The van der Waals surface area contributed by atoms with Crippen LogP contribution in [0.3, 0.4) is 0 Å². The first-order chi connectivity index (χ1) is 7.12. The number of Topliss-reactive ketones (excluding diaryl/α,β-unsaturated/α-hetero) is 1. The van der Waals surface area contributed by atoms with E-state index >= 15 is 0 Å². The molecule has 0 amide bonds. The van der Waals surface area contributed by atoms with Crippen LogP contribution < -0.4 is 0 Å². The highest BCUT2D eigenvalue weighted by Gasteiger charge is 2.36. The lowest BCUT2D eigenvalue weighted by Gasteiger charge is -2.37. The van der Waals surface area contributed by atoms with E-state index in [4.69, 9.17) is 0 Å². The van der Waals surface area contributed by atoms with Crippen molar-refractivity contribution in [2.45, 2.75) is 44.1 Å². The van der Waals surface area contributed by atoms with E-state index in [2.05, 4.69) is 13.2 Å². The third-order valence-electron chi connectivity index (χ3n) is 3.30. The quantitative estimate of drug-likeness (QED) is 0.705. The standard InChI is InChI=1S/C13H20O2/c1-3-9-13(15,10-4-2)11-5-7-12(14)8-6-11/h3-4,11,15H,1-2,5-10H2. The zero-order chi connectivity index (χ0) is 11.3. The first-order valence-electron chi connectivity index (χ1n) is 5.58. The maximum Gasteiger partial charge on any atom is 0.132 e. The topological polar surface area (TPSA) is 37.3 Å².